The van der Waals surface area contributed by atoms with Crippen LogP contribution in [-0.4, -0.2) is 14.5 Å². The summed E-state index contributed by atoms with van der Waals surface area (Å²) in [7, 11) is 0. The van der Waals surface area contributed by atoms with Crippen molar-refractivity contribution in [2.24, 2.45) is 0 Å². The number of halogens is 1. The minimum absolute atomic E-state index is 0.337. The van der Waals surface area contributed by atoms with Crippen molar-refractivity contribution in [2.75, 3.05) is 5.32 Å². The Bertz CT molecular complexity index is 948. The van der Waals surface area contributed by atoms with E-state index in [4.69, 9.17) is 11.6 Å². The number of benzene rings is 1. The van der Waals surface area contributed by atoms with Crippen molar-refractivity contribution in [3.8, 4) is 5.69 Å². The number of aryl methyl sites for hydroxylation is 1. The number of anilines is 1. The first-order chi connectivity index (χ1) is 10.1. The first kappa shape index (κ1) is 12.3. The Morgan fingerprint density at radius 3 is 3.05 bits per heavy atom. The Kier molecular flexibility index (Phi) is 2.53. The topological polar surface area (TPSA) is 59.8 Å². The Hall–Kier alpha value is -2.40. The lowest BCUT2D eigenvalue weighted by molar-refractivity contribution is 0.939. The number of pyridine rings is 1. The van der Waals surface area contributed by atoms with Crippen molar-refractivity contribution >= 4 is 28.3 Å². The van der Waals surface area contributed by atoms with E-state index in [0.717, 1.165) is 27.8 Å². The number of hydrogen-bond acceptors (Lipinski definition) is 4. The van der Waals surface area contributed by atoms with Crippen molar-refractivity contribution in [3.63, 3.8) is 0 Å². The maximum absolute atomic E-state index is 12.4. The molecule has 3 aromatic rings. The molecule has 0 amide bonds. The summed E-state index contributed by atoms with van der Waals surface area (Å²) in [5, 5.41) is 4.69. The van der Waals surface area contributed by atoms with Gasteiger partial charge in [0.1, 0.15) is 5.82 Å². The van der Waals surface area contributed by atoms with Gasteiger partial charge >= 0.3 is 5.69 Å². The number of nitrogens with zero attached hydrogens (tertiary/aromatic N) is 3. The van der Waals surface area contributed by atoms with Crippen molar-refractivity contribution in [3.05, 3.63) is 57.2 Å². The summed E-state index contributed by atoms with van der Waals surface area (Å²) in [4.78, 5) is 20.8. The molecule has 1 aliphatic heterocycles. The molecule has 2 aromatic heterocycles. The molecule has 0 atom stereocenters. The summed E-state index contributed by atoms with van der Waals surface area (Å²) in [5.74, 6) is 0.625. The van der Waals surface area contributed by atoms with Crippen LogP contribution in [0.2, 0.25) is 5.02 Å². The third-order valence-corrected chi connectivity index (χ3v) is 3.92. The lowest BCUT2D eigenvalue weighted by atomic mass is 10.1. The quantitative estimate of drug-likeness (QED) is 0.750. The smallest absolute Gasteiger partial charge is 0.354 e. The molecule has 104 valence electrons. The first-order valence-corrected chi connectivity index (χ1v) is 6.94. The average molecular weight is 299 g/mol. The second-order valence-corrected chi connectivity index (χ2v) is 5.44. The van der Waals surface area contributed by atoms with Gasteiger partial charge in [0.25, 0.3) is 0 Å². The van der Waals surface area contributed by atoms with Gasteiger partial charge in [-0.05, 0) is 36.8 Å². The molecular weight excluding hydrogens is 288 g/mol. The molecule has 0 saturated carbocycles. The summed E-state index contributed by atoms with van der Waals surface area (Å²) < 4.78 is 1.57. The molecule has 0 aliphatic carbocycles. The number of nitrogens with one attached hydrogen (secondary N) is 1. The molecule has 1 aliphatic rings. The highest BCUT2D eigenvalue weighted by Gasteiger charge is 2.21. The number of aromatic nitrogens is 3. The van der Waals surface area contributed by atoms with Gasteiger partial charge in [-0.15, -0.1) is 0 Å². The summed E-state index contributed by atoms with van der Waals surface area (Å²) in [6.45, 7) is 2.50. The fourth-order valence-corrected chi connectivity index (χ4v) is 3.03. The van der Waals surface area contributed by atoms with Gasteiger partial charge in [-0.25, -0.2) is 4.79 Å². The standard InChI is InChI=1S/C15H11ClN4O/c1-8-11(3-2-4-17-8)20-12-6-10(16)5-9-7-18-14(13(9)12)19-15(20)21/h2-6H,7H2,1H3,(H,18,19,21). The van der Waals surface area contributed by atoms with Crippen LogP contribution < -0.4 is 11.0 Å². The van der Waals surface area contributed by atoms with Gasteiger partial charge in [0.15, 0.2) is 0 Å². The Morgan fingerprint density at radius 1 is 1.38 bits per heavy atom. The van der Waals surface area contributed by atoms with Crippen LogP contribution in [0.15, 0.2) is 35.3 Å². The Balaban J connectivity index is 2.21. The molecule has 1 aromatic carbocycles. The molecule has 3 heterocycles. The lowest BCUT2D eigenvalue weighted by Gasteiger charge is -2.12. The van der Waals surface area contributed by atoms with Gasteiger partial charge in [-0.3, -0.25) is 9.55 Å². The largest absolute Gasteiger partial charge is 0.365 e. The zero-order valence-electron chi connectivity index (χ0n) is 11.2. The van der Waals surface area contributed by atoms with Crippen LogP contribution in [0, 0.1) is 6.92 Å². The minimum Gasteiger partial charge on any atom is -0.365 e. The van der Waals surface area contributed by atoms with E-state index in [0.29, 0.717) is 17.4 Å². The van der Waals surface area contributed by atoms with E-state index in [1.807, 2.05) is 19.1 Å². The predicted octanol–water partition coefficient (Wildman–Crippen LogP) is 2.67. The van der Waals surface area contributed by atoms with Crippen LogP contribution in [0.5, 0.6) is 0 Å². The first-order valence-electron chi connectivity index (χ1n) is 6.56. The molecule has 5 nitrogen and oxygen atoms in total. The minimum atomic E-state index is -0.337. The van der Waals surface area contributed by atoms with Crippen molar-refractivity contribution in [2.45, 2.75) is 13.5 Å². The maximum atomic E-state index is 12.4. The molecule has 4 rings (SSSR count). The van der Waals surface area contributed by atoms with E-state index in [1.165, 1.54) is 0 Å². The van der Waals surface area contributed by atoms with E-state index in [1.54, 1.807) is 22.9 Å². The number of rotatable bonds is 1. The predicted molar refractivity (Wildman–Crippen MR) is 82.2 cm³/mol. The van der Waals surface area contributed by atoms with Gasteiger partial charge in [0.05, 0.1) is 16.9 Å². The second kappa shape index (κ2) is 4.30. The van der Waals surface area contributed by atoms with Crippen molar-refractivity contribution < 1.29 is 0 Å². The fraction of sp³-hybridized carbons (Fsp3) is 0.133. The number of hydrogen-bond donors (Lipinski definition) is 1. The molecule has 6 heteroatoms. The van der Waals surface area contributed by atoms with E-state index in [2.05, 4.69) is 15.3 Å². The summed E-state index contributed by atoms with van der Waals surface area (Å²) >= 11 is 6.20. The van der Waals surface area contributed by atoms with Gasteiger partial charge < -0.3 is 5.32 Å². The highest BCUT2D eigenvalue weighted by molar-refractivity contribution is 6.31. The Morgan fingerprint density at radius 2 is 2.24 bits per heavy atom. The van der Waals surface area contributed by atoms with Crippen LogP contribution in [0.1, 0.15) is 11.3 Å². The maximum Gasteiger partial charge on any atom is 0.354 e. The van der Waals surface area contributed by atoms with E-state index in [-0.39, 0.29) is 5.69 Å². The highest BCUT2D eigenvalue weighted by atomic mass is 35.5. The van der Waals surface area contributed by atoms with E-state index < -0.39 is 0 Å². The molecule has 0 saturated heterocycles. The van der Waals surface area contributed by atoms with Gasteiger partial charge in [-0.1, -0.05) is 11.6 Å². The van der Waals surface area contributed by atoms with Gasteiger partial charge in [-0.2, -0.15) is 4.98 Å². The van der Waals surface area contributed by atoms with E-state index in [9.17, 15) is 4.79 Å². The summed E-state index contributed by atoms with van der Waals surface area (Å²) in [5.41, 5.74) is 2.96. The van der Waals surface area contributed by atoms with Crippen LogP contribution in [0.25, 0.3) is 16.6 Å². The zero-order valence-corrected chi connectivity index (χ0v) is 12.0. The molecular formula is C15H11ClN4O. The monoisotopic (exact) mass is 298 g/mol. The molecule has 0 spiro atoms. The van der Waals surface area contributed by atoms with Crippen molar-refractivity contribution in [1.29, 1.82) is 0 Å². The van der Waals surface area contributed by atoms with Gasteiger partial charge in [0, 0.05) is 23.2 Å². The van der Waals surface area contributed by atoms with Crippen molar-refractivity contribution in [1.82, 2.24) is 14.5 Å². The highest BCUT2D eigenvalue weighted by Crippen LogP contribution is 2.33. The third-order valence-electron chi connectivity index (χ3n) is 3.71. The molecule has 21 heavy (non-hydrogen) atoms. The SMILES string of the molecule is Cc1ncccc1-n1c(=O)nc2c3c(cc(Cl)cc31)CN2. The van der Waals surface area contributed by atoms with Crippen LogP contribution >= 0.6 is 11.6 Å². The fourth-order valence-electron chi connectivity index (χ4n) is 2.79. The van der Waals surface area contributed by atoms with Crippen LogP contribution in [0.3, 0.4) is 0 Å². The molecule has 0 radical (unpaired) electrons. The molecule has 0 fully saturated rings. The molecule has 1 N–H and O–H groups in total. The third kappa shape index (κ3) is 1.74. The second-order valence-electron chi connectivity index (χ2n) is 5.00. The van der Waals surface area contributed by atoms with Crippen LogP contribution in [-0.2, 0) is 6.54 Å². The normalized spacial score (nSPS) is 12.7. The summed E-state index contributed by atoms with van der Waals surface area (Å²) in [6.07, 6.45) is 1.70. The Labute approximate surface area is 125 Å². The molecule has 0 unspecified atom stereocenters. The lowest BCUT2D eigenvalue weighted by Crippen LogP contribution is -2.23. The average Bonchev–Trinajstić information content (AvgIpc) is 2.84. The van der Waals surface area contributed by atoms with E-state index >= 15 is 0 Å². The summed E-state index contributed by atoms with van der Waals surface area (Å²) in [6, 6.07) is 7.36. The van der Waals surface area contributed by atoms with Crippen LogP contribution in [0.4, 0.5) is 5.82 Å². The molecule has 0 bridgehead atoms. The zero-order chi connectivity index (χ0) is 14.6. The van der Waals surface area contributed by atoms with Gasteiger partial charge in [0.2, 0.25) is 0 Å².